The largest absolute Gasteiger partial charge is 0.469 e. The summed E-state index contributed by atoms with van der Waals surface area (Å²) in [6.45, 7) is 3.16. The maximum atomic E-state index is 13.9. The first-order chi connectivity index (χ1) is 17.4. The predicted octanol–water partition coefficient (Wildman–Crippen LogP) is 4.93. The number of ether oxygens (including phenoxy) is 2. The summed E-state index contributed by atoms with van der Waals surface area (Å²) in [5.41, 5.74) is 2.65. The highest BCUT2D eigenvalue weighted by Crippen LogP contribution is 2.44. The van der Waals surface area contributed by atoms with Crippen molar-refractivity contribution < 1.29 is 19.1 Å². The van der Waals surface area contributed by atoms with E-state index in [1.54, 1.807) is 43.4 Å². The average Bonchev–Trinajstić information content (AvgIpc) is 3.69. The Morgan fingerprint density at radius 1 is 1.08 bits per heavy atom. The van der Waals surface area contributed by atoms with Gasteiger partial charge in [0, 0.05) is 54.3 Å². The van der Waals surface area contributed by atoms with Crippen molar-refractivity contribution in [2.24, 2.45) is 7.05 Å². The van der Waals surface area contributed by atoms with Gasteiger partial charge in [0.15, 0.2) is 12.4 Å². The molecule has 1 aliphatic heterocycles. The molecule has 188 valence electrons. The van der Waals surface area contributed by atoms with E-state index in [0.29, 0.717) is 57.8 Å². The molecule has 36 heavy (non-hydrogen) atoms. The number of benzene rings is 2. The molecule has 3 aromatic rings. The van der Waals surface area contributed by atoms with Gasteiger partial charge in [-0.05, 0) is 25.0 Å². The second kappa shape index (κ2) is 10.7. The van der Waals surface area contributed by atoms with Crippen molar-refractivity contribution in [3.63, 3.8) is 0 Å². The number of morpholine rings is 1. The molecule has 1 saturated heterocycles. The smallest absolute Gasteiger partial charge is 0.223 e. The second-order valence-corrected chi connectivity index (χ2v) is 9.93. The molecule has 1 aromatic heterocycles. The van der Waals surface area contributed by atoms with E-state index in [1.165, 1.54) is 4.68 Å². The molecule has 1 aliphatic carbocycles. The van der Waals surface area contributed by atoms with Gasteiger partial charge in [-0.25, -0.2) is 4.68 Å². The minimum absolute atomic E-state index is 0.180. The SMILES string of the molecule is Cn1nc(C2CC2)c(C(=O)c2ccc(Cl)c(CN3CCOCC3)c2Cl)c1OCC(=O)c1ccccc1. The third-order valence-corrected chi connectivity index (χ3v) is 7.35. The lowest BCUT2D eigenvalue weighted by Gasteiger charge is -2.27. The van der Waals surface area contributed by atoms with Crippen molar-refractivity contribution in [2.75, 3.05) is 32.9 Å². The number of hydrogen-bond donors (Lipinski definition) is 0. The lowest BCUT2D eigenvalue weighted by atomic mass is 9.99. The monoisotopic (exact) mass is 527 g/mol. The van der Waals surface area contributed by atoms with Crippen LogP contribution in [0, 0.1) is 0 Å². The molecule has 0 unspecified atom stereocenters. The molecule has 1 saturated carbocycles. The Morgan fingerprint density at radius 2 is 1.81 bits per heavy atom. The quantitative estimate of drug-likeness (QED) is 0.367. The summed E-state index contributed by atoms with van der Waals surface area (Å²) in [5, 5.41) is 5.45. The van der Waals surface area contributed by atoms with Gasteiger partial charge in [0.2, 0.25) is 11.7 Å². The molecular formula is C27H27Cl2N3O4. The maximum Gasteiger partial charge on any atom is 0.223 e. The number of hydrogen-bond acceptors (Lipinski definition) is 6. The van der Waals surface area contributed by atoms with Gasteiger partial charge in [0.25, 0.3) is 0 Å². The summed E-state index contributed by atoms with van der Waals surface area (Å²) in [4.78, 5) is 28.8. The van der Waals surface area contributed by atoms with Crippen molar-refractivity contribution in [1.82, 2.24) is 14.7 Å². The molecule has 0 bridgehead atoms. The highest BCUT2D eigenvalue weighted by Gasteiger charge is 2.36. The number of nitrogens with zero attached hydrogens (tertiary/aromatic N) is 3. The van der Waals surface area contributed by atoms with E-state index in [-0.39, 0.29) is 30.0 Å². The molecule has 0 radical (unpaired) electrons. The van der Waals surface area contributed by atoms with E-state index >= 15 is 0 Å². The molecule has 2 aliphatic rings. The van der Waals surface area contributed by atoms with Crippen LogP contribution in [-0.2, 0) is 18.3 Å². The molecule has 7 nitrogen and oxygen atoms in total. The number of aromatic nitrogens is 2. The highest BCUT2D eigenvalue weighted by molar-refractivity contribution is 6.39. The fourth-order valence-corrected chi connectivity index (χ4v) is 5.00. The van der Waals surface area contributed by atoms with Gasteiger partial charge < -0.3 is 9.47 Å². The zero-order valence-corrected chi connectivity index (χ0v) is 21.5. The van der Waals surface area contributed by atoms with Gasteiger partial charge in [-0.15, -0.1) is 0 Å². The topological polar surface area (TPSA) is 73.7 Å². The van der Waals surface area contributed by atoms with Crippen LogP contribution < -0.4 is 4.74 Å². The van der Waals surface area contributed by atoms with Crippen LogP contribution in [-0.4, -0.2) is 59.2 Å². The Bertz CT molecular complexity index is 1280. The van der Waals surface area contributed by atoms with Crippen LogP contribution in [0.15, 0.2) is 42.5 Å². The second-order valence-electron chi connectivity index (χ2n) is 9.15. The predicted molar refractivity (Wildman–Crippen MR) is 137 cm³/mol. The lowest BCUT2D eigenvalue weighted by molar-refractivity contribution is 0.0342. The maximum absolute atomic E-state index is 13.9. The van der Waals surface area contributed by atoms with Crippen LogP contribution in [0.2, 0.25) is 10.0 Å². The number of ketones is 2. The zero-order valence-electron chi connectivity index (χ0n) is 20.0. The van der Waals surface area contributed by atoms with Gasteiger partial charge in [-0.3, -0.25) is 14.5 Å². The molecular weight excluding hydrogens is 501 g/mol. The molecule has 2 fully saturated rings. The first-order valence-corrected chi connectivity index (χ1v) is 12.8. The Labute approximate surface area is 219 Å². The Hall–Kier alpha value is -2.71. The van der Waals surface area contributed by atoms with Crippen LogP contribution in [0.3, 0.4) is 0 Å². The molecule has 0 spiro atoms. The van der Waals surface area contributed by atoms with Gasteiger partial charge in [-0.1, -0.05) is 53.5 Å². The Morgan fingerprint density at radius 3 is 2.50 bits per heavy atom. The summed E-state index contributed by atoms with van der Waals surface area (Å²) in [7, 11) is 1.72. The van der Waals surface area contributed by atoms with Crippen molar-refractivity contribution in [1.29, 1.82) is 0 Å². The summed E-state index contributed by atoms with van der Waals surface area (Å²) in [5.74, 6) is 0.000644. The first kappa shape index (κ1) is 25.0. The van der Waals surface area contributed by atoms with E-state index in [2.05, 4.69) is 10.00 Å². The van der Waals surface area contributed by atoms with Gasteiger partial charge in [0.1, 0.15) is 5.56 Å². The van der Waals surface area contributed by atoms with Crippen LogP contribution in [0.5, 0.6) is 5.88 Å². The van der Waals surface area contributed by atoms with Crippen LogP contribution in [0.25, 0.3) is 0 Å². The zero-order chi connectivity index (χ0) is 25.2. The van der Waals surface area contributed by atoms with Crippen molar-refractivity contribution >= 4 is 34.8 Å². The number of carbonyl (C=O) groups excluding carboxylic acids is 2. The van der Waals surface area contributed by atoms with Gasteiger partial charge in [0.05, 0.1) is 23.9 Å². The fraction of sp³-hybridized carbons (Fsp3) is 0.370. The van der Waals surface area contributed by atoms with E-state index < -0.39 is 0 Å². The molecule has 5 rings (SSSR count). The summed E-state index contributed by atoms with van der Waals surface area (Å²) in [6.07, 6.45) is 1.91. The summed E-state index contributed by atoms with van der Waals surface area (Å²) < 4.78 is 12.9. The Balaban J connectivity index is 1.46. The number of aryl methyl sites for hydroxylation is 1. The number of carbonyl (C=O) groups is 2. The minimum atomic E-state index is -0.281. The van der Waals surface area contributed by atoms with Crippen molar-refractivity contribution in [3.8, 4) is 5.88 Å². The minimum Gasteiger partial charge on any atom is -0.469 e. The molecule has 2 aromatic carbocycles. The number of Topliss-reactive ketones (excluding diaryl/α,β-unsaturated/α-hetero) is 1. The standard InChI is InChI=1S/C27H27Cl2N3O4/c1-31-27(36-16-22(33)17-5-3-2-4-6-17)23(25(30-31)18-7-8-18)26(34)19-9-10-21(28)20(24(19)29)15-32-11-13-35-14-12-32/h2-6,9-10,18H,7-8,11-16H2,1H3. The summed E-state index contributed by atoms with van der Waals surface area (Å²) >= 11 is 13.3. The Kier molecular flexibility index (Phi) is 7.44. The fourth-order valence-electron chi connectivity index (χ4n) is 4.43. The highest BCUT2D eigenvalue weighted by atomic mass is 35.5. The van der Waals surface area contributed by atoms with Crippen LogP contribution in [0.1, 0.15) is 56.3 Å². The van der Waals surface area contributed by atoms with E-state index in [0.717, 1.165) is 25.9 Å². The van der Waals surface area contributed by atoms with E-state index in [9.17, 15) is 9.59 Å². The number of rotatable bonds is 9. The van der Waals surface area contributed by atoms with Gasteiger partial charge >= 0.3 is 0 Å². The lowest BCUT2D eigenvalue weighted by Crippen LogP contribution is -2.35. The molecule has 9 heteroatoms. The third kappa shape index (κ3) is 5.20. The summed E-state index contributed by atoms with van der Waals surface area (Å²) in [6, 6.07) is 12.3. The van der Waals surface area contributed by atoms with Crippen molar-refractivity contribution in [2.45, 2.75) is 25.3 Å². The number of halogens is 2. The van der Waals surface area contributed by atoms with Crippen molar-refractivity contribution in [3.05, 3.63) is 80.5 Å². The molecule has 2 heterocycles. The van der Waals surface area contributed by atoms with Gasteiger partial charge in [-0.2, -0.15) is 5.10 Å². The molecule has 0 amide bonds. The normalized spacial score (nSPS) is 16.2. The van der Waals surface area contributed by atoms with E-state index in [1.807, 2.05) is 6.07 Å². The van der Waals surface area contributed by atoms with Crippen LogP contribution >= 0.6 is 23.2 Å². The van der Waals surface area contributed by atoms with E-state index in [4.69, 9.17) is 32.7 Å². The first-order valence-electron chi connectivity index (χ1n) is 12.0. The average molecular weight is 528 g/mol. The molecule has 0 N–H and O–H groups in total. The van der Waals surface area contributed by atoms with Crippen LogP contribution in [0.4, 0.5) is 0 Å². The molecule has 0 atom stereocenters. The third-order valence-electron chi connectivity index (χ3n) is 6.56.